The van der Waals surface area contributed by atoms with Crippen molar-refractivity contribution in [2.45, 2.75) is 19.2 Å². The van der Waals surface area contributed by atoms with E-state index in [1.165, 1.54) is 21.9 Å². The van der Waals surface area contributed by atoms with Crippen LogP contribution in [-0.4, -0.2) is 71.5 Å². The third-order valence-corrected chi connectivity index (χ3v) is 7.57. The number of halogens is 1. The van der Waals surface area contributed by atoms with Gasteiger partial charge in [-0.25, -0.2) is 0 Å². The number of piperazine rings is 1. The second-order valence-electron chi connectivity index (χ2n) is 9.50. The largest absolute Gasteiger partial charge is 0.486 e. The molecule has 1 atom stereocenters. The number of rotatable bonds is 6. The van der Waals surface area contributed by atoms with Gasteiger partial charge in [-0.2, -0.15) is 0 Å². The van der Waals surface area contributed by atoms with Crippen molar-refractivity contribution in [1.29, 1.82) is 0 Å². The predicted octanol–water partition coefficient (Wildman–Crippen LogP) is 4.51. The number of ether oxygens (including phenoxy) is 2. The number of fused-ring (bicyclic) bond motifs is 4. The van der Waals surface area contributed by atoms with Crippen LogP contribution in [0.4, 0.5) is 0 Å². The van der Waals surface area contributed by atoms with Crippen LogP contribution in [0.1, 0.15) is 5.56 Å². The molecule has 6 rings (SSSR count). The second kappa shape index (κ2) is 9.82. The Hall–Kier alpha value is -2.58. The number of benzene rings is 3. The first-order valence-electron chi connectivity index (χ1n) is 12.3. The summed E-state index contributed by atoms with van der Waals surface area (Å²) < 4.78 is 14.7. The van der Waals surface area contributed by atoms with Crippen molar-refractivity contribution in [2.75, 3.05) is 45.9 Å². The van der Waals surface area contributed by atoms with E-state index in [2.05, 4.69) is 84.9 Å². The summed E-state index contributed by atoms with van der Waals surface area (Å²) in [5.74, 6) is 1.70. The van der Waals surface area contributed by atoms with Crippen LogP contribution in [0, 0.1) is 0 Å². The molecule has 1 unspecified atom stereocenters. The van der Waals surface area contributed by atoms with Crippen molar-refractivity contribution in [3.8, 4) is 11.5 Å². The molecule has 0 aliphatic carbocycles. The Balaban J connectivity index is 1.07. The lowest BCUT2D eigenvalue weighted by atomic mass is 10.1. The molecule has 4 aromatic rings. The first-order valence-corrected chi connectivity index (χ1v) is 13.1. The Morgan fingerprint density at radius 2 is 1.51 bits per heavy atom. The zero-order valence-corrected chi connectivity index (χ0v) is 21.3. The van der Waals surface area contributed by atoms with Gasteiger partial charge in [0.2, 0.25) is 0 Å². The van der Waals surface area contributed by atoms with E-state index in [-0.39, 0.29) is 0 Å². The second-order valence-corrected chi connectivity index (χ2v) is 10.4. The van der Waals surface area contributed by atoms with Crippen molar-refractivity contribution in [3.63, 3.8) is 0 Å². The van der Waals surface area contributed by atoms with Crippen LogP contribution < -0.4 is 9.47 Å². The number of β-amino-alcohol motifs (C(OH)–C–C–N with tert-alkyl or cyclic N) is 1. The van der Waals surface area contributed by atoms with Crippen molar-refractivity contribution >= 4 is 37.7 Å². The number of hydrogen-bond acceptors (Lipinski definition) is 5. The molecule has 182 valence electrons. The lowest BCUT2D eigenvalue weighted by molar-refractivity contribution is 0.0633. The number of hydrogen-bond donors (Lipinski definition) is 1. The van der Waals surface area contributed by atoms with Crippen LogP contribution in [0.25, 0.3) is 21.8 Å². The third-order valence-electron chi connectivity index (χ3n) is 7.07. The maximum atomic E-state index is 11.0. The number of aliphatic hydroxyl groups excluding tert-OH is 1. The van der Waals surface area contributed by atoms with Crippen LogP contribution in [0.15, 0.2) is 65.1 Å². The Kier molecular flexibility index (Phi) is 6.41. The van der Waals surface area contributed by atoms with E-state index in [0.717, 1.165) is 54.2 Å². The van der Waals surface area contributed by atoms with Crippen LogP contribution in [0.5, 0.6) is 11.5 Å². The zero-order chi connectivity index (χ0) is 23.8. The van der Waals surface area contributed by atoms with Gasteiger partial charge in [0, 0.05) is 65.5 Å². The quantitative estimate of drug-likeness (QED) is 0.393. The molecule has 0 bridgehead atoms. The monoisotopic (exact) mass is 535 g/mol. The minimum absolute atomic E-state index is 0.429. The lowest BCUT2D eigenvalue weighted by Crippen LogP contribution is -2.48. The summed E-state index contributed by atoms with van der Waals surface area (Å²) in [5.41, 5.74) is 3.59. The van der Waals surface area contributed by atoms with Gasteiger partial charge in [-0.3, -0.25) is 9.80 Å². The fourth-order valence-electron chi connectivity index (χ4n) is 5.36. The molecule has 0 saturated carbocycles. The summed E-state index contributed by atoms with van der Waals surface area (Å²) >= 11 is 3.60. The first-order chi connectivity index (χ1) is 17.1. The number of nitrogens with zero attached hydrogens (tertiary/aromatic N) is 3. The zero-order valence-electron chi connectivity index (χ0n) is 19.7. The van der Waals surface area contributed by atoms with Gasteiger partial charge in [-0.1, -0.05) is 40.2 Å². The van der Waals surface area contributed by atoms with Crippen molar-refractivity contribution in [2.24, 2.45) is 0 Å². The smallest absolute Gasteiger partial charge is 0.161 e. The van der Waals surface area contributed by atoms with Gasteiger partial charge < -0.3 is 19.1 Å². The normalized spacial score (nSPS) is 17.8. The molecule has 6 nitrogen and oxygen atoms in total. The molecule has 1 fully saturated rings. The Bertz CT molecular complexity index is 1350. The number of para-hydroxylation sites is 1. The summed E-state index contributed by atoms with van der Waals surface area (Å²) in [6.07, 6.45) is -0.429. The Morgan fingerprint density at radius 3 is 2.37 bits per heavy atom. The molecule has 0 spiro atoms. The maximum Gasteiger partial charge on any atom is 0.161 e. The molecule has 1 aromatic heterocycles. The maximum absolute atomic E-state index is 11.0. The van der Waals surface area contributed by atoms with Crippen molar-refractivity contribution in [1.82, 2.24) is 14.4 Å². The van der Waals surface area contributed by atoms with Gasteiger partial charge >= 0.3 is 0 Å². The first kappa shape index (κ1) is 22.9. The van der Waals surface area contributed by atoms with E-state index < -0.39 is 6.10 Å². The lowest BCUT2D eigenvalue weighted by Gasteiger charge is -2.35. The molecule has 0 radical (unpaired) electrons. The van der Waals surface area contributed by atoms with E-state index in [0.29, 0.717) is 26.3 Å². The highest BCUT2D eigenvalue weighted by molar-refractivity contribution is 9.10. The van der Waals surface area contributed by atoms with Gasteiger partial charge in [0.1, 0.15) is 13.2 Å². The van der Waals surface area contributed by atoms with Crippen molar-refractivity contribution < 1.29 is 14.6 Å². The molecular weight excluding hydrogens is 506 g/mol. The molecule has 3 heterocycles. The fourth-order valence-corrected chi connectivity index (χ4v) is 5.72. The molecule has 1 saturated heterocycles. The van der Waals surface area contributed by atoms with Crippen LogP contribution in [0.2, 0.25) is 0 Å². The molecule has 35 heavy (non-hydrogen) atoms. The number of aromatic nitrogens is 1. The van der Waals surface area contributed by atoms with E-state index in [1.807, 2.05) is 6.07 Å². The summed E-state index contributed by atoms with van der Waals surface area (Å²) in [7, 11) is 0. The predicted molar refractivity (Wildman–Crippen MR) is 142 cm³/mol. The summed E-state index contributed by atoms with van der Waals surface area (Å²) in [6, 6.07) is 21.1. The Morgan fingerprint density at radius 1 is 0.771 bits per heavy atom. The molecule has 3 aromatic carbocycles. The summed E-state index contributed by atoms with van der Waals surface area (Å²) in [5, 5.41) is 13.5. The standard InChI is InChI=1S/C28H30BrN3O3/c29-21-6-7-26-24(16-21)23-3-1-2-4-25(23)32(26)19-22(33)18-31-11-9-30(10-12-31)17-20-5-8-27-28(15-20)35-14-13-34-27/h1-8,15-16,22,33H,9-14,17-19H2. The highest BCUT2D eigenvalue weighted by Crippen LogP contribution is 2.32. The SMILES string of the molecule is OC(CN1CCN(Cc2ccc3c(c2)OCCO3)CC1)Cn1c2ccccc2c2cc(Br)ccc21. The molecule has 7 heteroatoms. The topological polar surface area (TPSA) is 50.1 Å². The van der Waals surface area contributed by atoms with Crippen LogP contribution in [-0.2, 0) is 13.1 Å². The van der Waals surface area contributed by atoms with E-state index in [9.17, 15) is 5.11 Å². The number of aliphatic hydroxyl groups is 1. The van der Waals surface area contributed by atoms with E-state index in [1.54, 1.807) is 0 Å². The molecule has 2 aliphatic rings. The van der Waals surface area contributed by atoms with Gasteiger partial charge in [-0.15, -0.1) is 0 Å². The third kappa shape index (κ3) is 4.78. The minimum Gasteiger partial charge on any atom is -0.486 e. The van der Waals surface area contributed by atoms with Crippen molar-refractivity contribution in [3.05, 3.63) is 70.7 Å². The average Bonchev–Trinajstić information content (AvgIpc) is 3.18. The molecule has 1 N–H and O–H groups in total. The van der Waals surface area contributed by atoms with Crippen LogP contribution >= 0.6 is 15.9 Å². The summed E-state index contributed by atoms with van der Waals surface area (Å²) in [4.78, 5) is 4.86. The van der Waals surface area contributed by atoms with Gasteiger partial charge in [0.05, 0.1) is 12.6 Å². The molecule has 2 aliphatic heterocycles. The van der Waals surface area contributed by atoms with Crippen LogP contribution in [0.3, 0.4) is 0 Å². The van der Waals surface area contributed by atoms with E-state index >= 15 is 0 Å². The Labute approximate surface area is 213 Å². The highest BCUT2D eigenvalue weighted by atomic mass is 79.9. The van der Waals surface area contributed by atoms with Gasteiger partial charge in [-0.05, 0) is 42.0 Å². The van der Waals surface area contributed by atoms with E-state index in [4.69, 9.17) is 9.47 Å². The molecular formula is C28H30BrN3O3. The highest BCUT2D eigenvalue weighted by Gasteiger charge is 2.21. The minimum atomic E-state index is -0.429. The molecule has 0 amide bonds. The van der Waals surface area contributed by atoms with Gasteiger partial charge in [0.15, 0.2) is 11.5 Å². The van der Waals surface area contributed by atoms with Gasteiger partial charge in [0.25, 0.3) is 0 Å². The fraction of sp³-hybridized carbons (Fsp3) is 0.357. The summed E-state index contributed by atoms with van der Waals surface area (Å²) in [6.45, 7) is 7.31. The average molecular weight is 536 g/mol.